The van der Waals surface area contributed by atoms with Gasteiger partial charge in [-0.1, -0.05) is 0 Å². The zero-order valence-corrected chi connectivity index (χ0v) is 11.2. The van der Waals surface area contributed by atoms with Gasteiger partial charge in [-0.25, -0.2) is 15.0 Å². The van der Waals surface area contributed by atoms with Crippen molar-refractivity contribution in [1.82, 2.24) is 19.9 Å². The van der Waals surface area contributed by atoms with Crippen molar-refractivity contribution in [1.29, 1.82) is 0 Å². The van der Waals surface area contributed by atoms with Gasteiger partial charge < -0.3 is 4.90 Å². The minimum atomic E-state index is 0.0156. The van der Waals surface area contributed by atoms with Gasteiger partial charge in [0.15, 0.2) is 0 Å². The summed E-state index contributed by atoms with van der Waals surface area (Å²) in [5.74, 6) is 0.379. The van der Waals surface area contributed by atoms with Crippen LogP contribution >= 0.6 is 11.3 Å². The van der Waals surface area contributed by atoms with E-state index in [1.54, 1.807) is 23.7 Å². The molecule has 1 atom stereocenters. The van der Waals surface area contributed by atoms with E-state index >= 15 is 0 Å². The van der Waals surface area contributed by atoms with Crippen molar-refractivity contribution in [2.75, 3.05) is 13.1 Å². The summed E-state index contributed by atoms with van der Waals surface area (Å²) in [6.45, 7) is 1.54. The lowest BCUT2D eigenvalue weighted by molar-refractivity contribution is 0.0706. The summed E-state index contributed by atoms with van der Waals surface area (Å²) in [6, 6.07) is 0. The van der Waals surface area contributed by atoms with Gasteiger partial charge in [0.25, 0.3) is 5.91 Å². The molecule has 0 saturated carbocycles. The van der Waals surface area contributed by atoms with E-state index in [9.17, 15) is 4.79 Å². The Balaban J connectivity index is 1.73. The predicted molar refractivity (Wildman–Crippen MR) is 72.0 cm³/mol. The van der Waals surface area contributed by atoms with Crippen molar-refractivity contribution in [3.05, 3.63) is 40.9 Å². The maximum absolute atomic E-state index is 12.3. The molecular formula is C13H14N4OS. The number of hydrogen-bond acceptors (Lipinski definition) is 5. The number of carbonyl (C=O) groups is 1. The van der Waals surface area contributed by atoms with Crippen molar-refractivity contribution in [2.24, 2.45) is 0 Å². The fourth-order valence-corrected chi connectivity index (χ4v) is 3.16. The second kappa shape index (κ2) is 5.44. The standard InChI is InChI=1S/C13H14N4OS/c18-13(11-6-14-9-15-7-11)17-4-1-2-10(8-17)12-16-3-5-19-12/h3,5-7,9-10H,1-2,4,8H2. The third-order valence-corrected chi connectivity index (χ3v) is 4.25. The highest BCUT2D eigenvalue weighted by Gasteiger charge is 2.26. The lowest BCUT2D eigenvalue weighted by Crippen LogP contribution is -2.39. The number of thiazole rings is 1. The highest BCUT2D eigenvalue weighted by atomic mass is 32.1. The molecule has 1 aliphatic heterocycles. The van der Waals surface area contributed by atoms with Gasteiger partial charge in [-0.15, -0.1) is 11.3 Å². The minimum Gasteiger partial charge on any atom is -0.338 e. The van der Waals surface area contributed by atoms with Crippen LogP contribution in [-0.4, -0.2) is 38.8 Å². The van der Waals surface area contributed by atoms with E-state index in [4.69, 9.17) is 0 Å². The van der Waals surface area contributed by atoms with Gasteiger partial charge >= 0.3 is 0 Å². The molecule has 0 spiro atoms. The summed E-state index contributed by atoms with van der Waals surface area (Å²) in [5, 5.41) is 3.11. The molecule has 3 heterocycles. The second-order valence-electron chi connectivity index (χ2n) is 4.59. The van der Waals surface area contributed by atoms with Gasteiger partial charge in [0.2, 0.25) is 0 Å². The third-order valence-electron chi connectivity index (χ3n) is 3.32. The zero-order valence-electron chi connectivity index (χ0n) is 10.4. The molecular weight excluding hydrogens is 260 g/mol. The van der Waals surface area contributed by atoms with Crippen molar-refractivity contribution < 1.29 is 4.79 Å². The number of piperidine rings is 1. The Labute approximate surface area is 115 Å². The van der Waals surface area contributed by atoms with Crippen molar-refractivity contribution in [3.8, 4) is 0 Å². The molecule has 0 aromatic carbocycles. The van der Waals surface area contributed by atoms with Crippen molar-refractivity contribution in [2.45, 2.75) is 18.8 Å². The molecule has 98 valence electrons. The first-order valence-corrected chi connectivity index (χ1v) is 7.16. The van der Waals surface area contributed by atoms with Crippen LogP contribution in [0.15, 0.2) is 30.3 Å². The molecule has 6 heteroatoms. The Morgan fingerprint density at radius 2 is 2.21 bits per heavy atom. The fourth-order valence-electron chi connectivity index (χ4n) is 2.39. The first-order chi connectivity index (χ1) is 9.34. The van der Waals surface area contributed by atoms with E-state index < -0.39 is 0 Å². The van der Waals surface area contributed by atoms with Gasteiger partial charge in [0.05, 0.1) is 10.6 Å². The molecule has 1 aliphatic rings. The maximum atomic E-state index is 12.3. The molecule has 1 amide bonds. The Morgan fingerprint density at radius 3 is 2.95 bits per heavy atom. The smallest absolute Gasteiger partial charge is 0.257 e. The molecule has 0 aliphatic carbocycles. The van der Waals surface area contributed by atoms with Crippen LogP contribution in [0.25, 0.3) is 0 Å². The van der Waals surface area contributed by atoms with Crippen LogP contribution in [0.3, 0.4) is 0 Å². The molecule has 0 bridgehead atoms. The molecule has 19 heavy (non-hydrogen) atoms. The molecule has 3 rings (SSSR count). The predicted octanol–water partition coefficient (Wildman–Crippen LogP) is 1.95. The van der Waals surface area contributed by atoms with Gasteiger partial charge in [0, 0.05) is 43.0 Å². The minimum absolute atomic E-state index is 0.0156. The van der Waals surface area contributed by atoms with E-state index in [1.807, 2.05) is 16.5 Å². The van der Waals surface area contributed by atoms with Gasteiger partial charge in [-0.2, -0.15) is 0 Å². The Hall–Kier alpha value is -1.82. The number of nitrogens with zero attached hydrogens (tertiary/aromatic N) is 4. The number of hydrogen-bond donors (Lipinski definition) is 0. The number of carbonyl (C=O) groups excluding carboxylic acids is 1. The molecule has 1 fully saturated rings. The molecule has 2 aromatic rings. The van der Waals surface area contributed by atoms with Crippen LogP contribution in [0.5, 0.6) is 0 Å². The van der Waals surface area contributed by atoms with E-state index in [1.165, 1.54) is 6.33 Å². The number of aromatic nitrogens is 3. The monoisotopic (exact) mass is 274 g/mol. The highest BCUT2D eigenvalue weighted by Crippen LogP contribution is 2.28. The van der Waals surface area contributed by atoms with Crippen molar-refractivity contribution >= 4 is 17.2 Å². The third kappa shape index (κ3) is 2.63. The molecule has 1 saturated heterocycles. The number of likely N-dealkylation sites (tertiary alicyclic amines) is 1. The summed E-state index contributed by atoms with van der Waals surface area (Å²) in [4.78, 5) is 26.4. The summed E-state index contributed by atoms with van der Waals surface area (Å²) < 4.78 is 0. The average Bonchev–Trinajstić information content (AvgIpc) is 3.02. The fraction of sp³-hybridized carbons (Fsp3) is 0.385. The zero-order chi connectivity index (χ0) is 13.1. The Morgan fingerprint density at radius 1 is 1.37 bits per heavy atom. The maximum Gasteiger partial charge on any atom is 0.257 e. The van der Waals surface area contributed by atoms with E-state index in [0.29, 0.717) is 11.5 Å². The highest BCUT2D eigenvalue weighted by molar-refractivity contribution is 7.09. The van der Waals surface area contributed by atoms with Gasteiger partial charge in [0.1, 0.15) is 6.33 Å². The van der Waals surface area contributed by atoms with Crippen LogP contribution < -0.4 is 0 Å². The van der Waals surface area contributed by atoms with Crippen LogP contribution in [0.4, 0.5) is 0 Å². The Kier molecular flexibility index (Phi) is 3.50. The summed E-state index contributed by atoms with van der Waals surface area (Å²) in [5.41, 5.74) is 0.558. The topological polar surface area (TPSA) is 59.0 Å². The number of amides is 1. The van der Waals surface area contributed by atoms with Crippen LogP contribution in [0.2, 0.25) is 0 Å². The largest absolute Gasteiger partial charge is 0.338 e. The lowest BCUT2D eigenvalue weighted by atomic mass is 9.98. The molecule has 0 radical (unpaired) electrons. The molecule has 2 aromatic heterocycles. The second-order valence-corrected chi connectivity index (χ2v) is 5.51. The average molecular weight is 274 g/mol. The molecule has 0 N–H and O–H groups in total. The number of rotatable bonds is 2. The van der Waals surface area contributed by atoms with Crippen molar-refractivity contribution in [3.63, 3.8) is 0 Å². The van der Waals surface area contributed by atoms with Crippen LogP contribution in [0.1, 0.15) is 34.1 Å². The van der Waals surface area contributed by atoms with Gasteiger partial charge in [-0.05, 0) is 12.8 Å². The molecule has 5 nitrogen and oxygen atoms in total. The summed E-state index contributed by atoms with van der Waals surface area (Å²) in [7, 11) is 0. The van der Waals surface area contributed by atoms with E-state index in [-0.39, 0.29) is 5.91 Å². The van der Waals surface area contributed by atoms with Crippen LogP contribution in [-0.2, 0) is 0 Å². The summed E-state index contributed by atoms with van der Waals surface area (Å²) >= 11 is 1.67. The molecule has 1 unspecified atom stereocenters. The first kappa shape index (κ1) is 12.2. The Bertz CT molecular complexity index is 543. The normalized spacial score (nSPS) is 19.4. The van der Waals surface area contributed by atoms with Crippen LogP contribution in [0, 0.1) is 0 Å². The summed E-state index contributed by atoms with van der Waals surface area (Å²) in [6.07, 6.45) is 8.52. The lowest BCUT2D eigenvalue weighted by Gasteiger charge is -2.31. The first-order valence-electron chi connectivity index (χ1n) is 6.28. The quantitative estimate of drug-likeness (QED) is 0.840. The SMILES string of the molecule is O=C(c1cncnc1)N1CCCC(c2nccs2)C1. The van der Waals surface area contributed by atoms with E-state index in [2.05, 4.69) is 15.0 Å². The van der Waals surface area contributed by atoms with Gasteiger partial charge in [-0.3, -0.25) is 4.79 Å². The van der Waals surface area contributed by atoms with E-state index in [0.717, 1.165) is 30.9 Å².